The maximum Gasteiger partial charge on any atom is 0.494 e. The van der Waals surface area contributed by atoms with Gasteiger partial charge in [-0.2, -0.15) is 0 Å². The SMILES string of the molecule is CC1CC(C)(C)OB(c2ccc(C3CCCN3C(=O)OC(C)(C)C)cc2)O1. The Labute approximate surface area is 163 Å². The molecule has 2 fully saturated rings. The molecule has 1 aromatic carbocycles. The Balaban J connectivity index is 1.72. The molecule has 5 nitrogen and oxygen atoms in total. The minimum Gasteiger partial charge on any atom is -0.444 e. The Morgan fingerprint density at radius 2 is 1.93 bits per heavy atom. The summed E-state index contributed by atoms with van der Waals surface area (Å²) in [5.41, 5.74) is 1.47. The van der Waals surface area contributed by atoms with Crippen molar-refractivity contribution in [1.29, 1.82) is 0 Å². The van der Waals surface area contributed by atoms with Crippen molar-refractivity contribution in [1.82, 2.24) is 4.90 Å². The highest BCUT2D eigenvalue weighted by atomic mass is 16.6. The molecular weight excluding hydrogens is 341 g/mol. The Hall–Kier alpha value is -1.53. The van der Waals surface area contributed by atoms with E-state index in [2.05, 4.69) is 45.0 Å². The quantitative estimate of drug-likeness (QED) is 0.734. The van der Waals surface area contributed by atoms with E-state index in [0.29, 0.717) is 0 Å². The van der Waals surface area contributed by atoms with Crippen LogP contribution in [0.3, 0.4) is 0 Å². The fourth-order valence-corrected chi connectivity index (χ4v) is 3.99. The van der Waals surface area contributed by atoms with E-state index in [1.807, 2.05) is 25.7 Å². The predicted molar refractivity (Wildman–Crippen MR) is 107 cm³/mol. The zero-order valence-corrected chi connectivity index (χ0v) is 17.5. The van der Waals surface area contributed by atoms with E-state index in [4.69, 9.17) is 14.0 Å². The number of ether oxygens (including phenoxy) is 1. The Morgan fingerprint density at radius 3 is 2.52 bits per heavy atom. The van der Waals surface area contributed by atoms with E-state index in [1.165, 1.54) is 0 Å². The zero-order chi connectivity index (χ0) is 19.8. The molecule has 0 bridgehead atoms. The van der Waals surface area contributed by atoms with Crippen LogP contribution in [0.2, 0.25) is 0 Å². The molecule has 2 saturated heterocycles. The third-order valence-corrected chi connectivity index (χ3v) is 5.04. The van der Waals surface area contributed by atoms with Crippen molar-refractivity contribution >= 4 is 18.7 Å². The Bertz CT molecular complexity index is 668. The lowest BCUT2D eigenvalue weighted by Crippen LogP contribution is -2.51. The lowest BCUT2D eigenvalue weighted by molar-refractivity contribution is -0.0230. The van der Waals surface area contributed by atoms with Crippen LogP contribution in [0.5, 0.6) is 0 Å². The second kappa shape index (κ2) is 7.48. The van der Waals surface area contributed by atoms with Crippen molar-refractivity contribution < 1.29 is 18.8 Å². The van der Waals surface area contributed by atoms with E-state index in [-0.39, 0.29) is 31.0 Å². The lowest BCUT2D eigenvalue weighted by atomic mass is 9.74. The van der Waals surface area contributed by atoms with Crippen LogP contribution in [0.1, 0.15) is 72.4 Å². The van der Waals surface area contributed by atoms with Crippen molar-refractivity contribution in [3.63, 3.8) is 0 Å². The van der Waals surface area contributed by atoms with Crippen LogP contribution in [0.4, 0.5) is 4.79 Å². The standard InChI is InChI=1S/C21H32BNO4/c1-15-14-21(5,6)27-22(26-15)17-11-9-16(10-12-17)18-8-7-13-23(18)19(24)25-20(2,3)4/h9-12,15,18H,7-8,13-14H2,1-6H3. The van der Waals surface area contributed by atoms with Crippen LogP contribution in [0.15, 0.2) is 24.3 Å². The van der Waals surface area contributed by atoms with Gasteiger partial charge in [0, 0.05) is 12.6 Å². The normalized spacial score (nSPS) is 25.6. The maximum absolute atomic E-state index is 12.5. The van der Waals surface area contributed by atoms with Gasteiger partial charge in [-0.25, -0.2) is 4.79 Å². The predicted octanol–water partition coefficient (Wildman–Crippen LogP) is 4.06. The minimum absolute atomic E-state index is 0.0671. The number of hydrogen-bond donors (Lipinski definition) is 0. The molecule has 2 aliphatic heterocycles. The Kier molecular flexibility index (Phi) is 5.60. The fourth-order valence-electron chi connectivity index (χ4n) is 3.99. The summed E-state index contributed by atoms with van der Waals surface area (Å²) in [5.74, 6) is 0. The van der Waals surface area contributed by atoms with Gasteiger partial charge in [-0.05, 0) is 71.8 Å². The van der Waals surface area contributed by atoms with Gasteiger partial charge < -0.3 is 18.9 Å². The van der Waals surface area contributed by atoms with Crippen LogP contribution >= 0.6 is 0 Å². The van der Waals surface area contributed by atoms with Gasteiger partial charge in [0.25, 0.3) is 0 Å². The molecule has 0 radical (unpaired) electrons. The van der Waals surface area contributed by atoms with Gasteiger partial charge >= 0.3 is 13.2 Å². The largest absolute Gasteiger partial charge is 0.494 e. The smallest absolute Gasteiger partial charge is 0.444 e. The highest BCUT2D eigenvalue weighted by Gasteiger charge is 2.38. The van der Waals surface area contributed by atoms with Gasteiger partial charge in [0.05, 0.1) is 11.6 Å². The van der Waals surface area contributed by atoms with Gasteiger partial charge in [0.1, 0.15) is 5.60 Å². The van der Waals surface area contributed by atoms with Crippen LogP contribution in [0.25, 0.3) is 0 Å². The zero-order valence-electron chi connectivity index (χ0n) is 17.5. The summed E-state index contributed by atoms with van der Waals surface area (Å²) in [6.45, 7) is 12.7. The number of carbonyl (C=O) groups is 1. The molecule has 6 heteroatoms. The van der Waals surface area contributed by atoms with Crippen LogP contribution in [-0.4, -0.2) is 42.0 Å². The third kappa shape index (κ3) is 5.05. The molecule has 0 aliphatic carbocycles. The monoisotopic (exact) mass is 373 g/mol. The summed E-state index contributed by atoms with van der Waals surface area (Å²) in [6, 6.07) is 8.35. The van der Waals surface area contributed by atoms with E-state index in [9.17, 15) is 4.79 Å². The maximum atomic E-state index is 12.5. The fraction of sp³-hybridized carbons (Fsp3) is 0.667. The van der Waals surface area contributed by atoms with Gasteiger partial charge in [0.15, 0.2) is 0 Å². The highest BCUT2D eigenvalue weighted by Crippen LogP contribution is 2.33. The number of likely N-dealkylation sites (tertiary alicyclic amines) is 1. The number of benzene rings is 1. The summed E-state index contributed by atoms with van der Waals surface area (Å²) >= 11 is 0. The number of hydrogen-bond acceptors (Lipinski definition) is 4. The molecule has 0 N–H and O–H groups in total. The molecule has 0 saturated carbocycles. The molecule has 2 aliphatic rings. The molecule has 2 atom stereocenters. The molecular formula is C21H32BNO4. The highest BCUT2D eigenvalue weighted by molar-refractivity contribution is 6.61. The van der Waals surface area contributed by atoms with Crippen LogP contribution in [0, 0.1) is 0 Å². The van der Waals surface area contributed by atoms with Gasteiger partial charge in [-0.1, -0.05) is 24.3 Å². The van der Waals surface area contributed by atoms with Crippen LogP contribution in [-0.2, 0) is 14.0 Å². The second-order valence-corrected chi connectivity index (χ2v) is 9.36. The second-order valence-electron chi connectivity index (χ2n) is 9.36. The molecule has 2 unspecified atom stereocenters. The van der Waals surface area contributed by atoms with Gasteiger partial charge in [-0.15, -0.1) is 0 Å². The first kappa shape index (κ1) is 20.2. The molecule has 3 rings (SSSR count). The number of amides is 1. The summed E-state index contributed by atoms with van der Waals surface area (Å²) in [7, 11) is -0.344. The van der Waals surface area contributed by atoms with Crippen molar-refractivity contribution in [2.75, 3.05) is 6.54 Å². The number of nitrogens with zero attached hydrogens (tertiary/aromatic N) is 1. The number of rotatable bonds is 2. The lowest BCUT2D eigenvalue weighted by Gasteiger charge is -2.38. The molecule has 0 aromatic heterocycles. The summed E-state index contributed by atoms with van der Waals surface area (Å²) in [5, 5.41) is 0. The van der Waals surface area contributed by atoms with Crippen molar-refractivity contribution in [2.24, 2.45) is 0 Å². The molecule has 2 heterocycles. The topological polar surface area (TPSA) is 48.0 Å². The van der Waals surface area contributed by atoms with Crippen molar-refractivity contribution in [3.8, 4) is 0 Å². The third-order valence-electron chi connectivity index (χ3n) is 5.04. The first-order chi connectivity index (χ1) is 12.5. The van der Waals surface area contributed by atoms with Crippen LogP contribution < -0.4 is 5.46 Å². The summed E-state index contributed by atoms with van der Waals surface area (Å²) in [4.78, 5) is 14.4. The summed E-state index contributed by atoms with van der Waals surface area (Å²) < 4.78 is 17.7. The van der Waals surface area contributed by atoms with Gasteiger partial charge in [-0.3, -0.25) is 0 Å². The molecule has 27 heavy (non-hydrogen) atoms. The molecule has 1 amide bonds. The van der Waals surface area contributed by atoms with Gasteiger partial charge in [0.2, 0.25) is 0 Å². The molecule has 0 spiro atoms. The minimum atomic E-state index is -0.479. The van der Waals surface area contributed by atoms with E-state index >= 15 is 0 Å². The Morgan fingerprint density at radius 1 is 1.26 bits per heavy atom. The average Bonchev–Trinajstić information content (AvgIpc) is 3.01. The van der Waals surface area contributed by atoms with Crippen molar-refractivity contribution in [3.05, 3.63) is 29.8 Å². The first-order valence-electron chi connectivity index (χ1n) is 9.97. The van der Waals surface area contributed by atoms with E-state index in [1.54, 1.807) is 0 Å². The summed E-state index contributed by atoms with van der Waals surface area (Å²) in [6.07, 6.45) is 2.76. The molecule has 1 aromatic rings. The first-order valence-corrected chi connectivity index (χ1v) is 9.97. The average molecular weight is 373 g/mol. The molecule has 148 valence electrons. The number of carbonyl (C=O) groups excluding carboxylic acids is 1. The van der Waals surface area contributed by atoms with E-state index < -0.39 is 5.60 Å². The van der Waals surface area contributed by atoms with Crippen molar-refractivity contribution in [2.45, 2.75) is 84.2 Å². The van der Waals surface area contributed by atoms with E-state index in [0.717, 1.165) is 36.8 Å².